The van der Waals surface area contributed by atoms with Gasteiger partial charge in [0.05, 0.1) is 23.7 Å². The molecular formula is C31H39FN2O6. The summed E-state index contributed by atoms with van der Waals surface area (Å²) in [5.74, 6) is -1.14. The van der Waals surface area contributed by atoms with Crippen LogP contribution in [0.25, 0.3) is 0 Å². The van der Waals surface area contributed by atoms with Crippen LogP contribution in [0.2, 0.25) is 0 Å². The fourth-order valence-electron chi connectivity index (χ4n) is 9.41. The third-order valence-corrected chi connectivity index (χ3v) is 11.4. The lowest BCUT2D eigenvalue weighted by Gasteiger charge is -2.65. The number of nitrogens with zero attached hydrogens (tertiary/aromatic N) is 1. The molecule has 0 saturated heterocycles. The summed E-state index contributed by atoms with van der Waals surface area (Å²) in [6, 6.07) is 5.73. The highest BCUT2D eigenvalue weighted by molar-refractivity contribution is 5.85. The fourth-order valence-corrected chi connectivity index (χ4v) is 9.41. The minimum atomic E-state index is -1.20. The van der Waals surface area contributed by atoms with Crippen LogP contribution in [0.4, 0.5) is 4.39 Å². The minimum Gasteiger partial charge on any atom is -0.458 e. The number of rotatable bonds is 5. The third-order valence-electron chi connectivity index (χ3n) is 11.4. The number of esters is 1. The van der Waals surface area contributed by atoms with Gasteiger partial charge in [-0.25, -0.2) is 14.6 Å². The third kappa shape index (κ3) is 4.15. The first-order valence-corrected chi connectivity index (χ1v) is 14.6. The molecular weight excluding hydrogens is 515 g/mol. The Balaban J connectivity index is 1.28. The van der Waals surface area contributed by atoms with Gasteiger partial charge in [0.15, 0.2) is 0 Å². The first kappa shape index (κ1) is 27.5. The molecule has 4 aliphatic carbocycles. The maximum Gasteiger partial charge on any atom is 0.331 e. The van der Waals surface area contributed by atoms with Gasteiger partial charge in [-0.15, -0.1) is 0 Å². The summed E-state index contributed by atoms with van der Waals surface area (Å²) >= 11 is 0. The van der Waals surface area contributed by atoms with Crippen molar-refractivity contribution in [1.29, 1.82) is 0 Å². The van der Waals surface area contributed by atoms with E-state index in [0.29, 0.717) is 37.7 Å². The van der Waals surface area contributed by atoms with Crippen LogP contribution in [-0.2, 0) is 20.7 Å². The van der Waals surface area contributed by atoms with Crippen molar-refractivity contribution in [2.75, 3.05) is 6.61 Å². The molecule has 0 aromatic heterocycles. The number of nitrogens with one attached hydrogen (secondary N) is 1. The molecule has 216 valence electrons. The van der Waals surface area contributed by atoms with Gasteiger partial charge in [-0.2, -0.15) is 5.10 Å². The quantitative estimate of drug-likeness (QED) is 0.252. The zero-order valence-electron chi connectivity index (χ0n) is 22.9. The Morgan fingerprint density at radius 2 is 1.85 bits per heavy atom. The number of hydrogen-bond acceptors (Lipinski definition) is 7. The van der Waals surface area contributed by atoms with Crippen LogP contribution in [-0.4, -0.2) is 57.3 Å². The van der Waals surface area contributed by atoms with Crippen LogP contribution < -0.4 is 5.43 Å². The summed E-state index contributed by atoms with van der Waals surface area (Å²) in [7, 11) is 0. The molecule has 1 aromatic carbocycles. The summed E-state index contributed by atoms with van der Waals surface area (Å²) in [6.07, 6.45) is 7.91. The standard InChI is InChI=1S/C31H39FN2O6/c1-28-10-7-24-25(31(28,39)13-9-23(28)20-15-27(37)40-17-20)8-12-30(38)16-22(35)6-11-29(24,30)18-33-34-26(36)14-19-2-4-21(32)5-3-19/h2-5,15,18,22-25,35,38-39H,6-14,16-17H2,1H3,(H,34,36)/b33-18-/t22-,23-,24+,25-,28-,29+,30+,31+/m1/s1. The number of cyclic esters (lactones) is 1. The molecule has 0 unspecified atom stereocenters. The van der Waals surface area contributed by atoms with Gasteiger partial charge in [0, 0.05) is 29.5 Å². The van der Waals surface area contributed by atoms with E-state index in [2.05, 4.69) is 17.5 Å². The van der Waals surface area contributed by atoms with Gasteiger partial charge < -0.3 is 20.1 Å². The van der Waals surface area contributed by atoms with E-state index in [9.17, 15) is 29.3 Å². The molecule has 40 heavy (non-hydrogen) atoms. The van der Waals surface area contributed by atoms with Gasteiger partial charge in [0.1, 0.15) is 12.4 Å². The van der Waals surface area contributed by atoms with Crippen LogP contribution in [0.3, 0.4) is 0 Å². The van der Waals surface area contributed by atoms with Gasteiger partial charge in [-0.3, -0.25) is 4.79 Å². The van der Waals surface area contributed by atoms with Crippen molar-refractivity contribution < 1.29 is 34.0 Å². The highest BCUT2D eigenvalue weighted by Gasteiger charge is 2.71. The summed E-state index contributed by atoms with van der Waals surface area (Å²) in [5, 5.41) is 39.5. The second-order valence-corrected chi connectivity index (χ2v) is 13.1. The van der Waals surface area contributed by atoms with E-state index < -0.39 is 28.1 Å². The van der Waals surface area contributed by atoms with E-state index in [0.717, 1.165) is 24.8 Å². The van der Waals surface area contributed by atoms with Crippen molar-refractivity contribution in [2.24, 2.45) is 33.7 Å². The minimum absolute atomic E-state index is 0.0429. The number of hydrogen-bond donors (Lipinski definition) is 4. The van der Waals surface area contributed by atoms with Gasteiger partial charge in [-0.05, 0) is 92.4 Å². The van der Waals surface area contributed by atoms with Gasteiger partial charge in [-0.1, -0.05) is 19.1 Å². The molecule has 4 saturated carbocycles. The van der Waals surface area contributed by atoms with E-state index in [1.165, 1.54) is 12.1 Å². The SMILES string of the molecule is C[C@]12CC[C@H]3[C@@H](CC[C@]4(O)C[C@H](O)CC[C@]34/C=N\NC(=O)Cc3ccc(F)cc3)[C@@]1(O)CC[C@@H]2C1=CC(=O)OC1. The normalized spacial score (nSPS) is 42.5. The number of amides is 1. The van der Waals surface area contributed by atoms with E-state index in [1.807, 2.05) is 0 Å². The number of halogens is 1. The molecule has 8 nitrogen and oxygen atoms in total. The number of carbonyl (C=O) groups is 2. The second-order valence-electron chi connectivity index (χ2n) is 13.1. The predicted octanol–water partition coefficient (Wildman–Crippen LogP) is 3.18. The molecule has 0 spiro atoms. The lowest BCUT2D eigenvalue weighted by atomic mass is 9.41. The summed E-state index contributed by atoms with van der Waals surface area (Å²) in [6.45, 7) is 2.43. The number of ether oxygens (including phenoxy) is 1. The highest BCUT2D eigenvalue weighted by Crippen LogP contribution is 2.70. The molecule has 1 amide bonds. The van der Waals surface area contributed by atoms with Crippen LogP contribution in [0, 0.1) is 34.4 Å². The Bertz CT molecular complexity index is 1250. The molecule has 1 aliphatic heterocycles. The lowest BCUT2D eigenvalue weighted by Crippen LogP contribution is -2.68. The molecule has 4 fully saturated rings. The lowest BCUT2D eigenvalue weighted by molar-refractivity contribution is -0.237. The molecule has 4 N–H and O–H groups in total. The largest absolute Gasteiger partial charge is 0.458 e. The van der Waals surface area contributed by atoms with Crippen molar-refractivity contribution in [3.63, 3.8) is 0 Å². The number of carbonyl (C=O) groups excluding carboxylic acids is 2. The van der Waals surface area contributed by atoms with Crippen LogP contribution in [0.5, 0.6) is 0 Å². The maximum absolute atomic E-state index is 13.2. The number of hydrazone groups is 1. The van der Waals surface area contributed by atoms with E-state index >= 15 is 0 Å². The molecule has 0 radical (unpaired) electrons. The van der Waals surface area contributed by atoms with E-state index in [-0.39, 0.29) is 54.9 Å². The van der Waals surface area contributed by atoms with Crippen LogP contribution in [0.1, 0.15) is 70.3 Å². The first-order chi connectivity index (χ1) is 19.0. The monoisotopic (exact) mass is 554 g/mol. The molecule has 1 aromatic rings. The Hall–Kier alpha value is -2.62. The molecule has 0 bridgehead atoms. The average molecular weight is 555 g/mol. The Labute approximate surface area is 233 Å². The fraction of sp³-hybridized carbons (Fsp3) is 0.645. The van der Waals surface area contributed by atoms with Gasteiger partial charge in [0.25, 0.3) is 0 Å². The molecule has 8 atom stereocenters. The number of fused-ring (bicyclic) bond motifs is 5. The van der Waals surface area contributed by atoms with Crippen molar-refractivity contribution in [3.8, 4) is 0 Å². The molecule has 9 heteroatoms. The number of aliphatic hydroxyl groups is 3. The van der Waals surface area contributed by atoms with E-state index in [1.54, 1.807) is 24.4 Å². The summed E-state index contributed by atoms with van der Waals surface area (Å²) < 4.78 is 18.5. The highest BCUT2D eigenvalue weighted by atomic mass is 19.1. The first-order valence-electron chi connectivity index (χ1n) is 14.6. The average Bonchev–Trinajstić information content (AvgIpc) is 3.45. The summed E-state index contributed by atoms with van der Waals surface area (Å²) in [5.41, 5.74) is 0.835. The van der Waals surface area contributed by atoms with Crippen molar-refractivity contribution in [2.45, 2.75) is 88.4 Å². The summed E-state index contributed by atoms with van der Waals surface area (Å²) in [4.78, 5) is 24.5. The molecule has 5 aliphatic rings. The zero-order chi connectivity index (χ0) is 28.3. The molecule has 1 heterocycles. The predicted molar refractivity (Wildman–Crippen MR) is 144 cm³/mol. The number of benzene rings is 1. The maximum atomic E-state index is 13.2. The Morgan fingerprint density at radius 1 is 1.10 bits per heavy atom. The van der Waals surface area contributed by atoms with Gasteiger partial charge >= 0.3 is 5.97 Å². The zero-order valence-corrected chi connectivity index (χ0v) is 22.9. The molecule has 6 rings (SSSR count). The topological polar surface area (TPSA) is 128 Å². The van der Waals surface area contributed by atoms with Crippen LogP contribution in [0.15, 0.2) is 41.0 Å². The van der Waals surface area contributed by atoms with Crippen LogP contribution >= 0.6 is 0 Å². The number of aliphatic hydroxyl groups excluding tert-OH is 1. The Kier molecular flexibility index (Phi) is 6.71. The Morgan fingerprint density at radius 3 is 2.58 bits per heavy atom. The van der Waals surface area contributed by atoms with Gasteiger partial charge in [0.2, 0.25) is 5.91 Å². The smallest absolute Gasteiger partial charge is 0.331 e. The second kappa shape index (κ2) is 9.74. The van der Waals surface area contributed by atoms with Crippen molar-refractivity contribution in [1.82, 2.24) is 5.43 Å². The van der Waals surface area contributed by atoms with Crippen molar-refractivity contribution >= 4 is 18.1 Å². The van der Waals surface area contributed by atoms with Crippen molar-refractivity contribution in [3.05, 3.63) is 47.3 Å². The van der Waals surface area contributed by atoms with E-state index in [4.69, 9.17) is 4.74 Å².